The third-order valence-corrected chi connectivity index (χ3v) is 5.70. The van der Waals surface area contributed by atoms with E-state index in [-0.39, 0.29) is 11.2 Å². The Hall–Kier alpha value is -0.870. The van der Waals surface area contributed by atoms with E-state index in [1.807, 2.05) is 42.5 Å². The molecule has 2 rings (SSSR count). The Morgan fingerprint density at radius 3 is 2.14 bits per heavy atom. The van der Waals surface area contributed by atoms with E-state index in [1.54, 1.807) is 6.07 Å². The fraction of sp³-hybridized carbons (Fsp3) is 0.294. The van der Waals surface area contributed by atoms with Crippen molar-refractivity contribution in [2.75, 3.05) is 17.3 Å². The summed E-state index contributed by atoms with van der Waals surface area (Å²) < 4.78 is 19.9. The number of alkyl halides is 2. The first kappa shape index (κ1) is 16.5. The summed E-state index contributed by atoms with van der Waals surface area (Å²) in [7, 11) is 0. The summed E-state index contributed by atoms with van der Waals surface area (Å²) in [5.74, 6) is 0.667. The number of rotatable bonds is 7. The molecule has 0 atom stereocenters. The van der Waals surface area contributed by atoms with E-state index >= 15 is 0 Å². The van der Waals surface area contributed by atoms with Gasteiger partial charge in [-0.1, -0.05) is 68.3 Å². The minimum absolute atomic E-state index is 0.170. The lowest BCUT2D eigenvalue weighted by molar-refractivity contribution is 0.275. The maximum atomic E-state index is 14.1. The van der Waals surface area contributed by atoms with Crippen LogP contribution in [-0.2, 0) is 5.41 Å². The minimum Gasteiger partial charge on any atom is -0.494 e. The maximum absolute atomic E-state index is 14.1. The number of hydrogen-bond donors (Lipinski definition) is 0. The monoisotopic (exact) mass is 414 g/mol. The molecule has 0 N–H and O–H groups in total. The molecule has 1 nitrogen and oxygen atoms in total. The first-order valence-corrected chi connectivity index (χ1v) is 9.01. The SMILES string of the molecule is Fc1ccccc1C(CBr)(CBr)CCOc1ccccc1. The molecule has 0 amide bonds. The van der Waals surface area contributed by atoms with Gasteiger partial charge in [0.1, 0.15) is 11.6 Å². The number of halogens is 3. The zero-order valence-electron chi connectivity index (χ0n) is 11.6. The average molecular weight is 416 g/mol. The van der Waals surface area contributed by atoms with Crippen LogP contribution in [0.15, 0.2) is 54.6 Å². The van der Waals surface area contributed by atoms with Crippen LogP contribution in [0.2, 0.25) is 0 Å². The molecule has 0 aliphatic rings. The van der Waals surface area contributed by atoms with E-state index < -0.39 is 0 Å². The van der Waals surface area contributed by atoms with Crippen LogP contribution in [0.1, 0.15) is 12.0 Å². The zero-order chi connectivity index (χ0) is 15.1. The van der Waals surface area contributed by atoms with Crippen molar-refractivity contribution < 1.29 is 9.13 Å². The predicted octanol–water partition coefficient (Wildman–Crippen LogP) is 5.32. The fourth-order valence-electron chi connectivity index (χ4n) is 2.22. The lowest BCUT2D eigenvalue weighted by Gasteiger charge is -2.31. The summed E-state index contributed by atoms with van der Waals surface area (Å²) in [5.41, 5.74) is 0.399. The van der Waals surface area contributed by atoms with Gasteiger partial charge in [0, 0.05) is 16.1 Å². The standard InChI is InChI=1S/C17H17Br2FO/c18-12-17(13-19,15-8-4-5-9-16(15)20)10-11-21-14-6-2-1-3-7-14/h1-9H,10-13H2. The second-order valence-electron chi connectivity index (χ2n) is 4.94. The highest BCUT2D eigenvalue weighted by Crippen LogP contribution is 2.34. The normalized spacial score (nSPS) is 11.4. The van der Waals surface area contributed by atoms with Crippen LogP contribution in [0.5, 0.6) is 5.75 Å². The van der Waals surface area contributed by atoms with E-state index in [9.17, 15) is 4.39 Å². The Morgan fingerprint density at radius 1 is 0.905 bits per heavy atom. The average Bonchev–Trinajstić information content (AvgIpc) is 2.54. The molecule has 0 fully saturated rings. The van der Waals surface area contributed by atoms with E-state index in [4.69, 9.17) is 4.74 Å². The van der Waals surface area contributed by atoms with Crippen molar-refractivity contribution in [1.82, 2.24) is 0 Å². The predicted molar refractivity (Wildman–Crippen MR) is 92.2 cm³/mol. The van der Waals surface area contributed by atoms with Gasteiger partial charge in [0.25, 0.3) is 0 Å². The largest absolute Gasteiger partial charge is 0.494 e. The van der Waals surface area contributed by atoms with Crippen molar-refractivity contribution in [3.63, 3.8) is 0 Å². The molecule has 0 bridgehead atoms. The molecule has 0 saturated carbocycles. The highest BCUT2D eigenvalue weighted by Gasteiger charge is 2.32. The van der Waals surface area contributed by atoms with Crippen LogP contribution in [0.25, 0.3) is 0 Å². The van der Waals surface area contributed by atoms with Gasteiger partial charge in [-0.05, 0) is 30.2 Å². The molecule has 2 aromatic rings. The zero-order valence-corrected chi connectivity index (χ0v) is 14.7. The summed E-state index contributed by atoms with van der Waals surface area (Å²) in [6.45, 7) is 0.537. The Bertz CT molecular complexity index is 556. The van der Waals surface area contributed by atoms with Crippen molar-refractivity contribution in [2.45, 2.75) is 11.8 Å². The molecule has 0 aliphatic heterocycles. The first-order valence-electron chi connectivity index (χ1n) is 6.76. The molecule has 0 heterocycles. The first-order chi connectivity index (χ1) is 10.2. The summed E-state index contributed by atoms with van der Waals surface area (Å²) in [6.07, 6.45) is 0.722. The third kappa shape index (κ3) is 4.07. The molecule has 112 valence electrons. The Kier molecular flexibility index (Phi) is 6.24. The third-order valence-electron chi connectivity index (χ3n) is 3.55. The summed E-state index contributed by atoms with van der Waals surface area (Å²) in [6, 6.07) is 16.6. The highest BCUT2D eigenvalue weighted by atomic mass is 79.9. The molecule has 0 aliphatic carbocycles. The fourth-order valence-corrected chi connectivity index (χ4v) is 4.31. The van der Waals surface area contributed by atoms with Crippen LogP contribution in [0.3, 0.4) is 0 Å². The number of hydrogen-bond acceptors (Lipinski definition) is 1. The molecule has 0 radical (unpaired) electrons. The molecular formula is C17H17Br2FO. The van der Waals surface area contributed by atoms with Crippen molar-refractivity contribution in [3.05, 3.63) is 66.0 Å². The second-order valence-corrected chi connectivity index (χ2v) is 6.06. The number of benzene rings is 2. The molecule has 0 aromatic heterocycles. The van der Waals surface area contributed by atoms with Crippen molar-refractivity contribution in [3.8, 4) is 5.75 Å². The molecule has 2 aromatic carbocycles. The van der Waals surface area contributed by atoms with Gasteiger partial charge in [-0.15, -0.1) is 0 Å². The van der Waals surface area contributed by atoms with Gasteiger partial charge >= 0.3 is 0 Å². The van der Waals surface area contributed by atoms with Crippen LogP contribution in [0, 0.1) is 5.82 Å². The second kappa shape index (κ2) is 7.95. The van der Waals surface area contributed by atoms with Gasteiger partial charge in [-0.3, -0.25) is 0 Å². The summed E-state index contributed by atoms with van der Waals surface area (Å²) >= 11 is 7.08. The van der Waals surface area contributed by atoms with Crippen LogP contribution >= 0.6 is 31.9 Å². The molecule has 0 unspecified atom stereocenters. The number of ether oxygens (including phenoxy) is 1. The van der Waals surface area contributed by atoms with Crippen LogP contribution in [-0.4, -0.2) is 17.3 Å². The topological polar surface area (TPSA) is 9.23 Å². The van der Waals surface area contributed by atoms with Gasteiger partial charge in [0.05, 0.1) is 6.61 Å². The Balaban J connectivity index is 2.10. The van der Waals surface area contributed by atoms with Gasteiger partial charge in [-0.25, -0.2) is 4.39 Å². The van der Waals surface area contributed by atoms with E-state index in [0.29, 0.717) is 17.3 Å². The quantitative estimate of drug-likeness (QED) is 0.556. The summed E-state index contributed by atoms with van der Waals surface area (Å²) in [4.78, 5) is 0. The Labute approximate surface area is 141 Å². The lowest BCUT2D eigenvalue weighted by atomic mass is 9.81. The Morgan fingerprint density at radius 2 is 1.52 bits per heavy atom. The van der Waals surface area contributed by atoms with Gasteiger partial charge in [0.2, 0.25) is 0 Å². The van der Waals surface area contributed by atoms with Gasteiger partial charge in [-0.2, -0.15) is 0 Å². The van der Waals surface area contributed by atoms with E-state index in [2.05, 4.69) is 31.9 Å². The maximum Gasteiger partial charge on any atom is 0.127 e. The molecule has 4 heteroatoms. The lowest BCUT2D eigenvalue weighted by Crippen LogP contribution is -2.33. The number of para-hydroxylation sites is 1. The van der Waals surface area contributed by atoms with E-state index in [1.165, 1.54) is 6.07 Å². The molecular weight excluding hydrogens is 399 g/mol. The smallest absolute Gasteiger partial charge is 0.127 e. The van der Waals surface area contributed by atoms with E-state index in [0.717, 1.165) is 17.7 Å². The summed E-state index contributed by atoms with van der Waals surface area (Å²) in [5, 5.41) is 1.34. The molecule has 0 spiro atoms. The van der Waals surface area contributed by atoms with Crippen molar-refractivity contribution >= 4 is 31.9 Å². The van der Waals surface area contributed by atoms with Gasteiger partial charge in [0.15, 0.2) is 0 Å². The molecule has 21 heavy (non-hydrogen) atoms. The van der Waals surface area contributed by atoms with Gasteiger partial charge < -0.3 is 4.74 Å². The minimum atomic E-state index is -0.319. The highest BCUT2D eigenvalue weighted by molar-refractivity contribution is 9.09. The van der Waals surface area contributed by atoms with Crippen LogP contribution in [0.4, 0.5) is 4.39 Å². The molecule has 0 saturated heterocycles. The van der Waals surface area contributed by atoms with Crippen molar-refractivity contribution in [1.29, 1.82) is 0 Å². The van der Waals surface area contributed by atoms with Crippen LogP contribution < -0.4 is 4.74 Å². The van der Waals surface area contributed by atoms with Crippen molar-refractivity contribution in [2.24, 2.45) is 0 Å².